The number of alkyl halides is 3. The molecule has 98 valence electrons. The summed E-state index contributed by atoms with van der Waals surface area (Å²) >= 11 is 0. The number of amides is 2. The first kappa shape index (κ1) is 13.6. The average Bonchev–Trinajstić information content (AvgIpc) is 2.25. The lowest BCUT2D eigenvalue weighted by atomic mass is 10.3. The van der Waals surface area contributed by atoms with Crippen LogP contribution in [0.25, 0.3) is 0 Å². The summed E-state index contributed by atoms with van der Waals surface area (Å²) in [5.41, 5.74) is 0. The maximum Gasteiger partial charge on any atom is 0.405 e. The monoisotopic (exact) mass is 256 g/mol. The number of nitrogens with zero attached hydrogens (tertiary/aromatic N) is 1. The molecule has 2 amide bonds. The Morgan fingerprint density at radius 2 is 2.12 bits per heavy atom. The topological polar surface area (TPSA) is 78.9 Å². The van der Waals surface area contributed by atoms with Gasteiger partial charge in [-0.15, -0.1) is 0 Å². The molecule has 1 unspecified atom stereocenters. The molecular weight excluding hydrogens is 245 g/mol. The van der Waals surface area contributed by atoms with Gasteiger partial charge in [-0.05, 0) is 0 Å². The highest BCUT2D eigenvalue weighted by atomic mass is 19.4. The van der Waals surface area contributed by atoms with Gasteiger partial charge in [-0.2, -0.15) is 13.2 Å². The third kappa shape index (κ3) is 4.47. The molecule has 17 heavy (non-hydrogen) atoms. The summed E-state index contributed by atoms with van der Waals surface area (Å²) in [6.45, 7) is -1.66. The number of carbonyl (C=O) groups excluding carboxylic acids is 1. The van der Waals surface area contributed by atoms with Gasteiger partial charge in [0.05, 0.1) is 13.2 Å². The summed E-state index contributed by atoms with van der Waals surface area (Å²) in [6, 6.07) is -0.947. The van der Waals surface area contributed by atoms with Crippen molar-refractivity contribution < 1.29 is 32.6 Å². The predicted octanol–water partition coefficient (Wildman–Crippen LogP) is 0.0437. The van der Waals surface area contributed by atoms with Crippen LogP contribution in [0.1, 0.15) is 0 Å². The van der Waals surface area contributed by atoms with Gasteiger partial charge in [-0.3, -0.25) is 0 Å². The molecule has 1 aliphatic heterocycles. The maximum absolute atomic E-state index is 11.8. The number of hydrogen-bond acceptors (Lipinski definition) is 3. The minimum atomic E-state index is -4.49. The fourth-order valence-corrected chi connectivity index (χ4v) is 1.27. The summed E-state index contributed by atoms with van der Waals surface area (Å²) in [4.78, 5) is 22.8. The molecule has 1 aliphatic rings. The van der Waals surface area contributed by atoms with Gasteiger partial charge in [-0.1, -0.05) is 0 Å². The first-order valence-electron chi connectivity index (χ1n) is 4.73. The highest BCUT2D eigenvalue weighted by Crippen LogP contribution is 2.13. The van der Waals surface area contributed by atoms with Crippen LogP contribution in [0.15, 0.2) is 0 Å². The van der Waals surface area contributed by atoms with E-state index in [1.54, 1.807) is 5.32 Å². The molecule has 1 heterocycles. The van der Waals surface area contributed by atoms with E-state index in [1.807, 2.05) is 0 Å². The number of hydrogen-bond donors (Lipinski definition) is 2. The van der Waals surface area contributed by atoms with Crippen LogP contribution in [0, 0.1) is 0 Å². The van der Waals surface area contributed by atoms with Crippen LogP contribution in [0.2, 0.25) is 0 Å². The van der Waals surface area contributed by atoms with E-state index in [1.165, 1.54) is 0 Å². The SMILES string of the molecule is O=C(O)C1CN(C(=O)NCC(F)(F)F)CCO1. The zero-order valence-corrected chi connectivity index (χ0v) is 8.66. The van der Waals surface area contributed by atoms with Crippen LogP contribution in [-0.2, 0) is 9.53 Å². The van der Waals surface area contributed by atoms with Crippen molar-refractivity contribution in [3.63, 3.8) is 0 Å². The molecule has 0 aromatic carbocycles. The maximum atomic E-state index is 11.8. The van der Waals surface area contributed by atoms with Gasteiger partial charge in [0, 0.05) is 6.54 Å². The van der Waals surface area contributed by atoms with Crippen molar-refractivity contribution in [3.05, 3.63) is 0 Å². The smallest absolute Gasteiger partial charge is 0.405 e. The Hall–Kier alpha value is -1.51. The van der Waals surface area contributed by atoms with Crippen LogP contribution in [-0.4, -0.2) is 60.5 Å². The Bertz CT molecular complexity index is 308. The van der Waals surface area contributed by atoms with E-state index in [-0.39, 0.29) is 19.7 Å². The van der Waals surface area contributed by atoms with Gasteiger partial charge in [0.15, 0.2) is 6.10 Å². The Morgan fingerprint density at radius 1 is 1.47 bits per heavy atom. The number of urea groups is 1. The van der Waals surface area contributed by atoms with Crippen molar-refractivity contribution in [1.82, 2.24) is 10.2 Å². The third-order valence-corrected chi connectivity index (χ3v) is 2.07. The normalized spacial score (nSPS) is 21.1. The molecule has 1 fully saturated rings. The van der Waals surface area contributed by atoms with Crippen LogP contribution in [0.3, 0.4) is 0 Å². The van der Waals surface area contributed by atoms with Crippen LogP contribution >= 0.6 is 0 Å². The first-order chi connectivity index (χ1) is 7.79. The van der Waals surface area contributed by atoms with Crippen molar-refractivity contribution in [2.45, 2.75) is 12.3 Å². The predicted molar refractivity (Wildman–Crippen MR) is 48.4 cm³/mol. The van der Waals surface area contributed by atoms with Gasteiger partial charge < -0.3 is 20.1 Å². The Balaban J connectivity index is 2.44. The number of aliphatic carboxylic acids is 1. The molecule has 0 saturated carbocycles. The number of carboxylic acids is 1. The van der Waals surface area contributed by atoms with E-state index in [2.05, 4.69) is 0 Å². The first-order valence-corrected chi connectivity index (χ1v) is 4.73. The van der Waals surface area contributed by atoms with E-state index in [0.29, 0.717) is 0 Å². The lowest BCUT2D eigenvalue weighted by Crippen LogP contribution is -2.52. The molecule has 1 saturated heterocycles. The van der Waals surface area contributed by atoms with Crippen molar-refractivity contribution in [1.29, 1.82) is 0 Å². The van der Waals surface area contributed by atoms with E-state index < -0.39 is 30.8 Å². The van der Waals surface area contributed by atoms with E-state index in [0.717, 1.165) is 4.90 Å². The van der Waals surface area contributed by atoms with Crippen LogP contribution in [0.5, 0.6) is 0 Å². The molecule has 0 radical (unpaired) electrons. The fourth-order valence-electron chi connectivity index (χ4n) is 1.27. The molecule has 0 aromatic rings. The minimum Gasteiger partial charge on any atom is -0.479 e. The highest BCUT2D eigenvalue weighted by Gasteiger charge is 2.32. The lowest BCUT2D eigenvalue weighted by molar-refractivity contribution is -0.154. The number of morpholine rings is 1. The molecule has 0 bridgehead atoms. The summed E-state index contributed by atoms with van der Waals surface area (Å²) in [5.74, 6) is -1.25. The molecule has 6 nitrogen and oxygen atoms in total. The second kappa shape index (κ2) is 5.21. The molecule has 0 aliphatic carbocycles. The number of carboxylic acid groups (broad SMARTS) is 1. The van der Waals surface area contributed by atoms with Crippen molar-refractivity contribution in [2.75, 3.05) is 26.2 Å². The standard InChI is InChI=1S/C8H11F3N2O4/c9-8(10,11)4-12-7(16)13-1-2-17-5(3-13)6(14)15/h5H,1-4H2,(H,12,16)(H,14,15). The summed E-state index contributed by atoms with van der Waals surface area (Å²) < 4.78 is 40.3. The van der Waals surface area contributed by atoms with Gasteiger partial charge in [0.2, 0.25) is 0 Å². The van der Waals surface area contributed by atoms with Gasteiger partial charge in [0.1, 0.15) is 6.54 Å². The second-order valence-corrected chi connectivity index (χ2v) is 3.42. The molecule has 0 aromatic heterocycles. The van der Waals surface area contributed by atoms with E-state index in [9.17, 15) is 22.8 Å². The van der Waals surface area contributed by atoms with Crippen LogP contribution < -0.4 is 5.32 Å². The number of carbonyl (C=O) groups is 2. The van der Waals surface area contributed by atoms with Crippen molar-refractivity contribution in [3.8, 4) is 0 Å². The quantitative estimate of drug-likeness (QED) is 0.731. The van der Waals surface area contributed by atoms with Gasteiger partial charge in [-0.25, -0.2) is 9.59 Å². The van der Waals surface area contributed by atoms with Gasteiger partial charge in [0.25, 0.3) is 0 Å². The van der Waals surface area contributed by atoms with Crippen LogP contribution in [0.4, 0.5) is 18.0 Å². The average molecular weight is 256 g/mol. The Morgan fingerprint density at radius 3 is 2.65 bits per heavy atom. The highest BCUT2D eigenvalue weighted by molar-refractivity contribution is 5.77. The Kier molecular flexibility index (Phi) is 4.16. The number of halogens is 3. The summed E-state index contributed by atoms with van der Waals surface area (Å²) in [6.07, 6.45) is -5.69. The molecule has 1 atom stereocenters. The third-order valence-electron chi connectivity index (χ3n) is 2.07. The molecule has 9 heteroatoms. The van der Waals surface area contributed by atoms with Crippen molar-refractivity contribution >= 4 is 12.0 Å². The zero-order valence-electron chi connectivity index (χ0n) is 8.66. The molecular formula is C8H11F3N2O4. The number of ether oxygens (including phenoxy) is 1. The lowest BCUT2D eigenvalue weighted by Gasteiger charge is -2.30. The Labute approximate surface area is 94.3 Å². The zero-order chi connectivity index (χ0) is 13.1. The van der Waals surface area contributed by atoms with Crippen molar-refractivity contribution in [2.24, 2.45) is 0 Å². The van der Waals surface area contributed by atoms with Gasteiger partial charge >= 0.3 is 18.2 Å². The second-order valence-electron chi connectivity index (χ2n) is 3.42. The largest absolute Gasteiger partial charge is 0.479 e. The molecule has 2 N–H and O–H groups in total. The molecule has 0 spiro atoms. The summed E-state index contributed by atoms with van der Waals surface area (Å²) in [7, 11) is 0. The summed E-state index contributed by atoms with van der Waals surface area (Å²) in [5, 5.41) is 10.3. The minimum absolute atomic E-state index is 0.0175. The van der Waals surface area contributed by atoms with E-state index >= 15 is 0 Å². The fraction of sp³-hybridized carbons (Fsp3) is 0.750. The van der Waals surface area contributed by atoms with E-state index in [4.69, 9.17) is 9.84 Å². The number of rotatable bonds is 2. The number of nitrogens with one attached hydrogen (secondary N) is 1. The molecule has 1 rings (SSSR count).